The summed E-state index contributed by atoms with van der Waals surface area (Å²) in [4.78, 5) is 24.5. The molecule has 0 saturated carbocycles. The molecule has 24 heavy (non-hydrogen) atoms. The van der Waals surface area contributed by atoms with Gasteiger partial charge in [0.15, 0.2) is 0 Å². The minimum atomic E-state index is -0.290. The topological polar surface area (TPSA) is 61.8 Å². The highest BCUT2D eigenvalue weighted by Gasteiger charge is 2.25. The van der Waals surface area contributed by atoms with Crippen LogP contribution in [0.3, 0.4) is 0 Å². The third-order valence-electron chi connectivity index (χ3n) is 3.68. The second-order valence-electron chi connectivity index (χ2n) is 5.55. The first kappa shape index (κ1) is 16.4. The molecule has 0 radical (unpaired) electrons. The van der Waals surface area contributed by atoms with Crippen LogP contribution in [0, 0.1) is 6.92 Å². The highest BCUT2D eigenvalue weighted by atomic mass is 79.9. The third kappa shape index (κ3) is 3.71. The molecule has 0 aliphatic carbocycles. The molecule has 0 atom stereocenters. The maximum absolute atomic E-state index is 12.4. The average molecular weight is 386 g/mol. The lowest BCUT2D eigenvalue weighted by molar-refractivity contribution is -0.118. The van der Waals surface area contributed by atoms with Crippen LogP contribution in [0.2, 0.25) is 0 Å². The molecule has 2 aromatic rings. The van der Waals surface area contributed by atoms with Crippen molar-refractivity contribution < 1.29 is 9.59 Å². The van der Waals surface area contributed by atoms with Crippen molar-refractivity contribution in [2.45, 2.75) is 19.8 Å². The zero-order valence-electron chi connectivity index (χ0n) is 13.1. The van der Waals surface area contributed by atoms with Gasteiger partial charge in [0.2, 0.25) is 5.91 Å². The van der Waals surface area contributed by atoms with Crippen LogP contribution in [0.15, 0.2) is 58.1 Å². The lowest BCUT2D eigenvalue weighted by Gasteiger charge is -2.23. The van der Waals surface area contributed by atoms with Gasteiger partial charge < -0.3 is 5.32 Å². The van der Waals surface area contributed by atoms with E-state index in [-0.39, 0.29) is 18.2 Å². The summed E-state index contributed by atoms with van der Waals surface area (Å²) in [5.74, 6) is -0.402. The fourth-order valence-corrected chi connectivity index (χ4v) is 2.61. The van der Waals surface area contributed by atoms with E-state index in [9.17, 15) is 9.59 Å². The third-order valence-corrected chi connectivity index (χ3v) is 4.20. The van der Waals surface area contributed by atoms with E-state index in [1.165, 1.54) is 5.01 Å². The molecular weight excluding hydrogens is 370 g/mol. The number of halogens is 1. The summed E-state index contributed by atoms with van der Waals surface area (Å²) < 4.78 is 0.937. The van der Waals surface area contributed by atoms with E-state index in [0.29, 0.717) is 23.5 Å². The van der Waals surface area contributed by atoms with E-state index in [4.69, 9.17) is 0 Å². The van der Waals surface area contributed by atoms with Crippen LogP contribution in [0.25, 0.3) is 0 Å². The molecule has 0 unspecified atom stereocenters. The molecule has 0 spiro atoms. The van der Waals surface area contributed by atoms with Gasteiger partial charge in [-0.05, 0) is 43.3 Å². The van der Waals surface area contributed by atoms with Crippen LogP contribution >= 0.6 is 15.9 Å². The Morgan fingerprint density at radius 3 is 2.42 bits per heavy atom. The van der Waals surface area contributed by atoms with Crippen molar-refractivity contribution in [2.24, 2.45) is 5.10 Å². The summed E-state index contributed by atoms with van der Waals surface area (Å²) in [5, 5.41) is 8.37. The monoisotopic (exact) mass is 385 g/mol. The summed E-state index contributed by atoms with van der Waals surface area (Å²) in [6, 6.07) is 14.8. The number of hydrogen-bond acceptors (Lipinski definition) is 3. The van der Waals surface area contributed by atoms with Crippen molar-refractivity contribution >= 4 is 44.8 Å². The van der Waals surface area contributed by atoms with Crippen LogP contribution < -0.4 is 10.3 Å². The van der Waals surface area contributed by atoms with Crippen molar-refractivity contribution in [3.8, 4) is 0 Å². The van der Waals surface area contributed by atoms with Crippen molar-refractivity contribution in [3.05, 3.63) is 58.6 Å². The van der Waals surface area contributed by atoms with E-state index >= 15 is 0 Å². The Bertz CT molecular complexity index is 798. The summed E-state index contributed by atoms with van der Waals surface area (Å²) >= 11 is 3.35. The van der Waals surface area contributed by atoms with Crippen LogP contribution in [0.5, 0.6) is 0 Å². The number of rotatable bonds is 3. The maximum atomic E-state index is 12.4. The lowest BCUT2D eigenvalue weighted by atomic mass is 10.1. The molecule has 6 heteroatoms. The molecule has 2 aromatic carbocycles. The molecule has 0 aromatic heterocycles. The van der Waals surface area contributed by atoms with Gasteiger partial charge in [-0.15, -0.1) is 0 Å². The molecule has 5 nitrogen and oxygen atoms in total. The van der Waals surface area contributed by atoms with Gasteiger partial charge in [0.1, 0.15) is 5.71 Å². The second-order valence-corrected chi connectivity index (χ2v) is 6.46. The number of benzene rings is 2. The number of anilines is 2. The standard InChI is InChI=1S/C18H16BrN3O2/c1-12-2-8-15(9-3-12)22-17(23)11-10-16(21-22)18(24)20-14-6-4-13(19)5-7-14/h2-9H,10-11H2,1H3,(H,20,24). The Hall–Kier alpha value is -2.47. The van der Waals surface area contributed by atoms with Crippen LogP contribution in [0.4, 0.5) is 11.4 Å². The van der Waals surface area contributed by atoms with Crippen molar-refractivity contribution in [1.82, 2.24) is 0 Å². The van der Waals surface area contributed by atoms with Crippen molar-refractivity contribution in [2.75, 3.05) is 10.3 Å². The van der Waals surface area contributed by atoms with Crippen LogP contribution in [-0.2, 0) is 9.59 Å². The molecular formula is C18H16BrN3O2. The molecule has 1 aliphatic heterocycles. The normalized spacial score (nSPS) is 14.3. The first-order valence-corrected chi connectivity index (χ1v) is 8.36. The smallest absolute Gasteiger partial charge is 0.271 e. The van der Waals surface area contributed by atoms with Gasteiger partial charge in [0, 0.05) is 23.0 Å². The quantitative estimate of drug-likeness (QED) is 0.871. The fraction of sp³-hybridized carbons (Fsp3) is 0.167. The van der Waals surface area contributed by atoms with Gasteiger partial charge in [-0.1, -0.05) is 33.6 Å². The number of nitrogens with zero attached hydrogens (tertiary/aromatic N) is 2. The number of hydrogen-bond donors (Lipinski definition) is 1. The molecule has 0 saturated heterocycles. The molecule has 2 amide bonds. The first-order chi connectivity index (χ1) is 11.5. The van der Waals surface area contributed by atoms with Gasteiger partial charge in [-0.2, -0.15) is 5.10 Å². The predicted molar refractivity (Wildman–Crippen MR) is 98.1 cm³/mol. The number of aryl methyl sites for hydroxylation is 1. The first-order valence-electron chi connectivity index (χ1n) is 7.57. The van der Waals surface area contributed by atoms with Gasteiger partial charge in [0.05, 0.1) is 5.69 Å². The minimum absolute atomic E-state index is 0.112. The average Bonchev–Trinajstić information content (AvgIpc) is 2.58. The van der Waals surface area contributed by atoms with Gasteiger partial charge in [-0.3, -0.25) is 9.59 Å². The number of hydrazone groups is 1. The van der Waals surface area contributed by atoms with Crippen molar-refractivity contribution in [3.63, 3.8) is 0 Å². The highest BCUT2D eigenvalue weighted by Crippen LogP contribution is 2.21. The Morgan fingerprint density at radius 1 is 1.08 bits per heavy atom. The van der Waals surface area contributed by atoms with Gasteiger partial charge in [-0.25, -0.2) is 5.01 Å². The van der Waals surface area contributed by atoms with E-state index in [1.54, 1.807) is 12.1 Å². The zero-order valence-corrected chi connectivity index (χ0v) is 14.7. The van der Waals surface area contributed by atoms with Crippen LogP contribution in [0.1, 0.15) is 18.4 Å². The Kier molecular flexibility index (Phi) is 4.76. The van der Waals surface area contributed by atoms with Crippen molar-refractivity contribution in [1.29, 1.82) is 0 Å². The second kappa shape index (κ2) is 6.97. The molecule has 1 aliphatic rings. The molecule has 1 N–H and O–H groups in total. The summed E-state index contributed by atoms with van der Waals surface area (Å²) in [5.41, 5.74) is 2.79. The van der Waals surface area contributed by atoms with E-state index in [0.717, 1.165) is 10.0 Å². The Balaban J connectivity index is 1.80. The largest absolute Gasteiger partial charge is 0.321 e. The van der Waals surface area contributed by atoms with Gasteiger partial charge in [0.25, 0.3) is 5.91 Å². The van der Waals surface area contributed by atoms with E-state index in [2.05, 4.69) is 26.3 Å². The molecule has 122 valence electrons. The number of nitrogens with one attached hydrogen (secondary N) is 1. The molecule has 0 fully saturated rings. The predicted octanol–water partition coefficient (Wildman–Crippen LogP) is 3.88. The zero-order chi connectivity index (χ0) is 17.1. The van der Waals surface area contributed by atoms with Crippen LogP contribution in [-0.4, -0.2) is 17.5 Å². The van der Waals surface area contributed by atoms with E-state index in [1.807, 2.05) is 43.3 Å². The number of amides is 2. The fourth-order valence-electron chi connectivity index (χ4n) is 2.34. The van der Waals surface area contributed by atoms with Gasteiger partial charge >= 0.3 is 0 Å². The summed E-state index contributed by atoms with van der Waals surface area (Å²) in [7, 11) is 0. The SMILES string of the molecule is Cc1ccc(N2N=C(C(=O)Nc3ccc(Br)cc3)CCC2=O)cc1. The molecule has 1 heterocycles. The summed E-state index contributed by atoms with van der Waals surface area (Å²) in [6.07, 6.45) is 0.601. The number of carbonyl (C=O) groups excluding carboxylic acids is 2. The summed E-state index contributed by atoms with van der Waals surface area (Å²) in [6.45, 7) is 1.97. The highest BCUT2D eigenvalue weighted by molar-refractivity contribution is 9.10. The minimum Gasteiger partial charge on any atom is -0.321 e. The Labute approximate surface area is 148 Å². The number of carbonyl (C=O) groups is 2. The Morgan fingerprint density at radius 2 is 1.75 bits per heavy atom. The molecule has 0 bridgehead atoms. The van der Waals surface area contributed by atoms with E-state index < -0.39 is 0 Å². The lowest BCUT2D eigenvalue weighted by Crippen LogP contribution is -2.36. The maximum Gasteiger partial charge on any atom is 0.271 e. The molecule has 3 rings (SSSR count).